The Labute approximate surface area is 221 Å². The van der Waals surface area contributed by atoms with Crippen molar-refractivity contribution in [3.63, 3.8) is 0 Å². The standard InChI is InChI=1S/C26H25Br2N3O4/c1-3-34-23-14-19(13-21(28)24(23)35-16-18-9-5-4-6-10-18)15-29-31-26(33)17(2)25(32)30-22-12-8-7-11-20(22)27/h4-15,17H,3,16H2,1-2H3,(H,30,32)(H,31,33). The fourth-order valence-corrected chi connectivity index (χ4v) is 3.94. The number of hydrazone groups is 1. The highest BCUT2D eigenvalue weighted by molar-refractivity contribution is 9.11. The van der Waals surface area contributed by atoms with Crippen LogP contribution in [0, 0.1) is 5.92 Å². The van der Waals surface area contributed by atoms with Crippen LogP contribution < -0.4 is 20.2 Å². The van der Waals surface area contributed by atoms with Gasteiger partial charge in [-0.15, -0.1) is 0 Å². The van der Waals surface area contributed by atoms with Crippen molar-refractivity contribution < 1.29 is 19.1 Å². The molecule has 0 fully saturated rings. The summed E-state index contributed by atoms with van der Waals surface area (Å²) in [5.41, 5.74) is 4.72. The molecule has 0 aliphatic carbocycles. The Hall–Kier alpha value is -3.17. The highest BCUT2D eigenvalue weighted by Gasteiger charge is 2.22. The molecule has 1 unspecified atom stereocenters. The number of carbonyl (C=O) groups is 2. The molecular weight excluding hydrogens is 578 g/mol. The Bertz CT molecular complexity index is 1200. The molecule has 35 heavy (non-hydrogen) atoms. The van der Waals surface area contributed by atoms with E-state index in [2.05, 4.69) is 47.7 Å². The third kappa shape index (κ3) is 7.66. The molecular formula is C26H25Br2N3O4. The third-order valence-electron chi connectivity index (χ3n) is 4.86. The van der Waals surface area contributed by atoms with Gasteiger partial charge in [-0.2, -0.15) is 5.10 Å². The lowest BCUT2D eigenvalue weighted by molar-refractivity contribution is -0.131. The number of amides is 2. The molecule has 2 N–H and O–H groups in total. The highest BCUT2D eigenvalue weighted by Crippen LogP contribution is 2.37. The number of halogens is 2. The molecule has 9 heteroatoms. The van der Waals surface area contributed by atoms with Gasteiger partial charge < -0.3 is 14.8 Å². The molecule has 0 heterocycles. The lowest BCUT2D eigenvalue weighted by Gasteiger charge is -2.15. The van der Waals surface area contributed by atoms with Crippen molar-refractivity contribution in [1.82, 2.24) is 5.43 Å². The minimum Gasteiger partial charge on any atom is -0.490 e. The number of benzene rings is 3. The van der Waals surface area contributed by atoms with E-state index in [1.807, 2.05) is 49.4 Å². The van der Waals surface area contributed by atoms with Crippen LogP contribution in [0.5, 0.6) is 11.5 Å². The van der Waals surface area contributed by atoms with Crippen molar-refractivity contribution in [2.45, 2.75) is 20.5 Å². The van der Waals surface area contributed by atoms with Crippen LogP contribution in [0.2, 0.25) is 0 Å². The van der Waals surface area contributed by atoms with E-state index in [1.54, 1.807) is 24.3 Å². The van der Waals surface area contributed by atoms with Crippen LogP contribution in [0.15, 0.2) is 80.8 Å². The van der Waals surface area contributed by atoms with Gasteiger partial charge in [-0.1, -0.05) is 42.5 Å². The van der Waals surface area contributed by atoms with Crippen LogP contribution in [0.25, 0.3) is 0 Å². The third-order valence-corrected chi connectivity index (χ3v) is 6.14. The number of hydrogen-bond donors (Lipinski definition) is 2. The Morgan fingerprint density at radius 1 is 0.971 bits per heavy atom. The van der Waals surface area contributed by atoms with Gasteiger partial charge in [0.2, 0.25) is 5.91 Å². The number of para-hydroxylation sites is 1. The lowest BCUT2D eigenvalue weighted by Crippen LogP contribution is -2.34. The molecule has 0 aromatic heterocycles. The highest BCUT2D eigenvalue weighted by atomic mass is 79.9. The molecule has 7 nitrogen and oxygen atoms in total. The second kappa shape index (κ2) is 13.1. The van der Waals surface area contributed by atoms with Crippen molar-refractivity contribution in [1.29, 1.82) is 0 Å². The second-order valence-electron chi connectivity index (χ2n) is 7.46. The molecule has 3 aromatic rings. The molecule has 0 aliphatic rings. The maximum absolute atomic E-state index is 12.4. The average molecular weight is 603 g/mol. The molecule has 3 rings (SSSR count). The summed E-state index contributed by atoms with van der Waals surface area (Å²) in [4.78, 5) is 24.8. The van der Waals surface area contributed by atoms with Gasteiger partial charge >= 0.3 is 0 Å². The van der Waals surface area contributed by atoms with Crippen LogP contribution in [0.4, 0.5) is 5.69 Å². The molecule has 3 aromatic carbocycles. The molecule has 0 spiro atoms. The summed E-state index contributed by atoms with van der Waals surface area (Å²) >= 11 is 6.90. The van der Waals surface area contributed by atoms with Crippen LogP contribution >= 0.6 is 31.9 Å². The predicted molar refractivity (Wildman–Crippen MR) is 144 cm³/mol. The maximum Gasteiger partial charge on any atom is 0.252 e. The monoisotopic (exact) mass is 601 g/mol. The minimum absolute atomic E-state index is 0.391. The Balaban J connectivity index is 1.63. The molecule has 0 radical (unpaired) electrons. The van der Waals surface area contributed by atoms with E-state index in [0.717, 1.165) is 10.0 Å². The molecule has 0 bridgehead atoms. The van der Waals surface area contributed by atoms with Crippen molar-refractivity contribution in [3.05, 3.63) is 86.8 Å². The number of anilines is 1. The zero-order chi connectivity index (χ0) is 25.2. The van der Waals surface area contributed by atoms with Crippen molar-refractivity contribution in [2.75, 3.05) is 11.9 Å². The van der Waals surface area contributed by atoms with Crippen molar-refractivity contribution >= 4 is 55.6 Å². The van der Waals surface area contributed by atoms with Gasteiger partial charge in [-0.05, 0) is 81.1 Å². The summed E-state index contributed by atoms with van der Waals surface area (Å²) in [5, 5.41) is 6.73. The Morgan fingerprint density at radius 3 is 2.40 bits per heavy atom. The zero-order valence-electron chi connectivity index (χ0n) is 19.3. The Kier molecular flexibility index (Phi) is 9.86. The summed E-state index contributed by atoms with van der Waals surface area (Å²) in [5.74, 6) is -0.789. The first-order chi connectivity index (χ1) is 16.9. The van der Waals surface area contributed by atoms with Crippen LogP contribution in [0.1, 0.15) is 25.0 Å². The smallest absolute Gasteiger partial charge is 0.252 e. The normalized spacial score (nSPS) is 11.7. The summed E-state index contributed by atoms with van der Waals surface area (Å²) in [7, 11) is 0. The first-order valence-corrected chi connectivity index (χ1v) is 12.5. The number of hydrogen-bond acceptors (Lipinski definition) is 5. The maximum atomic E-state index is 12.4. The van der Waals surface area contributed by atoms with Crippen molar-refractivity contribution in [2.24, 2.45) is 11.0 Å². The van der Waals surface area contributed by atoms with Gasteiger partial charge in [0.1, 0.15) is 12.5 Å². The van der Waals surface area contributed by atoms with E-state index < -0.39 is 17.7 Å². The molecule has 0 saturated heterocycles. The first kappa shape index (κ1) is 26.4. The van der Waals surface area contributed by atoms with Gasteiger partial charge in [0.05, 0.1) is 23.0 Å². The van der Waals surface area contributed by atoms with Gasteiger partial charge in [0.25, 0.3) is 5.91 Å². The topological polar surface area (TPSA) is 89.0 Å². The number of nitrogens with zero attached hydrogens (tertiary/aromatic N) is 1. The molecule has 1 atom stereocenters. The van der Waals surface area contributed by atoms with E-state index in [0.29, 0.717) is 40.4 Å². The number of rotatable bonds is 10. The van der Waals surface area contributed by atoms with Gasteiger partial charge in [-0.3, -0.25) is 9.59 Å². The Morgan fingerprint density at radius 2 is 1.69 bits per heavy atom. The SMILES string of the molecule is CCOc1cc(C=NNC(=O)C(C)C(=O)Nc2ccccc2Br)cc(Br)c1OCc1ccccc1. The van der Waals surface area contributed by atoms with Crippen LogP contribution in [0.3, 0.4) is 0 Å². The second-order valence-corrected chi connectivity index (χ2v) is 9.17. The van der Waals surface area contributed by atoms with E-state index >= 15 is 0 Å². The van der Waals surface area contributed by atoms with Crippen LogP contribution in [-0.2, 0) is 16.2 Å². The number of ether oxygens (including phenoxy) is 2. The van der Waals surface area contributed by atoms with E-state index in [-0.39, 0.29) is 0 Å². The number of nitrogens with one attached hydrogen (secondary N) is 2. The van der Waals surface area contributed by atoms with Crippen LogP contribution in [-0.4, -0.2) is 24.6 Å². The lowest BCUT2D eigenvalue weighted by atomic mass is 10.1. The quantitative estimate of drug-likeness (QED) is 0.171. The summed E-state index contributed by atoms with van der Waals surface area (Å²) < 4.78 is 13.2. The van der Waals surface area contributed by atoms with E-state index in [9.17, 15) is 9.59 Å². The summed E-state index contributed by atoms with van der Waals surface area (Å²) in [6, 6.07) is 20.6. The summed E-state index contributed by atoms with van der Waals surface area (Å²) in [6.07, 6.45) is 1.48. The first-order valence-electron chi connectivity index (χ1n) is 10.9. The molecule has 2 amide bonds. The predicted octanol–water partition coefficient (Wildman–Crippen LogP) is 5.91. The van der Waals surface area contributed by atoms with Gasteiger partial charge in [-0.25, -0.2) is 5.43 Å². The molecule has 182 valence electrons. The minimum atomic E-state index is -0.946. The number of carbonyl (C=O) groups excluding carboxylic acids is 2. The van der Waals surface area contributed by atoms with Crippen molar-refractivity contribution in [3.8, 4) is 11.5 Å². The largest absolute Gasteiger partial charge is 0.490 e. The van der Waals surface area contributed by atoms with Gasteiger partial charge in [0, 0.05) is 4.47 Å². The average Bonchev–Trinajstić information content (AvgIpc) is 2.85. The molecule has 0 saturated carbocycles. The summed E-state index contributed by atoms with van der Waals surface area (Å²) in [6.45, 7) is 4.24. The zero-order valence-corrected chi connectivity index (χ0v) is 22.4. The molecule has 0 aliphatic heterocycles. The van der Waals surface area contributed by atoms with E-state index in [1.165, 1.54) is 13.1 Å². The van der Waals surface area contributed by atoms with E-state index in [4.69, 9.17) is 9.47 Å². The fourth-order valence-electron chi connectivity index (χ4n) is 2.99. The fraction of sp³-hybridized carbons (Fsp3) is 0.192. The van der Waals surface area contributed by atoms with Gasteiger partial charge in [0.15, 0.2) is 11.5 Å².